The van der Waals surface area contributed by atoms with Crippen molar-refractivity contribution in [3.8, 4) is 0 Å². The second-order valence-electron chi connectivity index (χ2n) is 3.26. The van der Waals surface area contributed by atoms with Crippen molar-refractivity contribution in [3.63, 3.8) is 0 Å². The van der Waals surface area contributed by atoms with Gasteiger partial charge in [0.25, 0.3) is 5.91 Å². The molecule has 0 fully saturated rings. The molecule has 1 amide bonds. The van der Waals surface area contributed by atoms with Gasteiger partial charge in [-0.25, -0.2) is 10.8 Å². The van der Waals surface area contributed by atoms with E-state index in [0.717, 1.165) is 22.9 Å². The van der Waals surface area contributed by atoms with Crippen LogP contribution >= 0.6 is 0 Å². The van der Waals surface area contributed by atoms with Gasteiger partial charge < -0.3 is 0 Å². The van der Waals surface area contributed by atoms with Crippen LogP contribution in [0.1, 0.15) is 16.1 Å². The summed E-state index contributed by atoms with van der Waals surface area (Å²) >= 11 is 0. The highest BCUT2D eigenvalue weighted by molar-refractivity contribution is 5.92. The van der Waals surface area contributed by atoms with E-state index in [1.54, 1.807) is 0 Å². The largest absolute Gasteiger partial charge is 0.417 e. The lowest BCUT2D eigenvalue weighted by Gasteiger charge is -2.07. The molecule has 0 aliphatic carbocycles. The van der Waals surface area contributed by atoms with Gasteiger partial charge in [0.2, 0.25) is 0 Å². The summed E-state index contributed by atoms with van der Waals surface area (Å²) in [6.07, 6.45) is -2.53. The van der Waals surface area contributed by atoms with Crippen LogP contribution in [0.15, 0.2) is 24.5 Å². The third-order valence-electron chi connectivity index (χ3n) is 2.20. The summed E-state index contributed by atoms with van der Waals surface area (Å²) < 4.78 is 38.5. The van der Waals surface area contributed by atoms with E-state index >= 15 is 0 Å². The molecule has 2 aromatic heterocycles. The molecule has 2 heterocycles. The number of carbonyl (C=O) groups excluding carboxylic acids is 1. The molecular formula is C9H7F3N4O. The number of nitrogens with zero attached hydrogens (tertiary/aromatic N) is 2. The number of nitrogen functional groups attached to an aromatic ring is 1. The highest BCUT2D eigenvalue weighted by atomic mass is 19.4. The number of imidazole rings is 1. The maximum atomic E-state index is 12.5. The molecule has 0 spiro atoms. The summed E-state index contributed by atoms with van der Waals surface area (Å²) in [7, 11) is 0. The zero-order valence-corrected chi connectivity index (χ0v) is 8.32. The molecule has 0 atom stereocenters. The number of nitrogens with one attached hydrogen (secondary N) is 1. The first-order valence-electron chi connectivity index (χ1n) is 4.48. The third-order valence-corrected chi connectivity index (χ3v) is 2.20. The average Bonchev–Trinajstić information content (AvgIpc) is 2.69. The number of halogens is 3. The Kier molecular flexibility index (Phi) is 2.50. The van der Waals surface area contributed by atoms with Gasteiger partial charge in [0.1, 0.15) is 11.3 Å². The van der Waals surface area contributed by atoms with Crippen molar-refractivity contribution in [3.05, 3.63) is 35.8 Å². The molecule has 2 rings (SSSR count). The topological polar surface area (TPSA) is 72.4 Å². The molecular weight excluding hydrogens is 237 g/mol. The Labute approximate surface area is 93.0 Å². The summed E-state index contributed by atoms with van der Waals surface area (Å²) in [5.41, 5.74) is 1.14. The SMILES string of the molecule is NNC(=O)c1cnc2ccc(C(F)(F)F)cn12. The van der Waals surface area contributed by atoms with Crippen molar-refractivity contribution in [2.45, 2.75) is 6.18 Å². The highest BCUT2D eigenvalue weighted by Crippen LogP contribution is 2.29. The van der Waals surface area contributed by atoms with Crippen LogP contribution in [0.5, 0.6) is 0 Å². The summed E-state index contributed by atoms with van der Waals surface area (Å²) in [5.74, 6) is 4.20. The average molecular weight is 244 g/mol. The summed E-state index contributed by atoms with van der Waals surface area (Å²) in [6, 6.07) is 2.07. The van der Waals surface area contributed by atoms with Crippen molar-refractivity contribution >= 4 is 11.6 Å². The van der Waals surface area contributed by atoms with Gasteiger partial charge in [0.15, 0.2) is 0 Å². The molecule has 5 nitrogen and oxygen atoms in total. The van der Waals surface area contributed by atoms with E-state index in [2.05, 4.69) is 4.98 Å². The van der Waals surface area contributed by atoms with E-state index in [9.17, 15) is 18.0 Å². The van der Waals surface area contributed by atoms with Gasteiger partial charge in [0.05, 0.1) is 11.8 Å². The number of fused-ring (bicyclic) bond motifs is 1. The van der Waals surface area contributed by atoms with E-state index in [0.29, 0.717) is 0 Å². The molecule has 90 valence electrons. The molecule has 0 aromatic carbocycles. The van der Waals surface area contributed by atoms with E-state index in [4.69, 9.17) is 5.84 Å². The van der Waals surface area contributed by atoms with E-state index in [1.165, 1.54) is 6.07 Å². The smallest absolute Gasteiger partial charge is 0.295 e. The van der Waals surface area contributed by atoms with Crippen molar-refractivity contribution in [1.29, 1.82) is 0 Å². The van der Waals surface area contributed by atoms with Crippen LogP contribution in [0, 0.1) is 0 Å². The number of aromatic nitrogens is 2. The van der Waals surface area contributed by atoms with Gasteiger partial charge in [-0.3, -0.25) is 14.6 Å². The minimum absolute atomic E-state index is 0.0615. The molecule has 8 heteroatoms. The second-order valence-corrected chi connectivity index (χ2v) is 3.26. The van der Waals surface area contributed by atoms with Crippen LogP contribution in [0.3, 0.4) is 0 Å². The van der Waals surface area contributed by atoms with E-state index < -0.39 is 17.6 Å². The number of pyridine rings is 1. The molecule has 0 saturated heterocycles. The second kappa shape index (κ2) is 3.74. The van der Waals surface area contributed by atoms with Gasteiger partial charge in [-0.15, -0.1) is 0 Å². The molecule has 0 radical (unpaired) electrons. The zero-order valence-electron chi connectivity index (χ0n) is 8.32. The lowest BCUT2D eigenvalue weighted by Crippen LogP contribution is -2.31. The fraction of sp³-hybridized carbons (Fsp3) is 0.111. The number of hydrazine groups is 1. The first-order chi connectivity index (χ1) is 7.93. The Morgan fingerprint density at radius 3 is 2.71 bits per heavy atom. The fourth-order valence-corrected chi connectivity index (χ4v) is 1.39. The van der Waals surface area contributed by atoms with Gasteiger partial charge in [-0.2, -0.15) is 13.2 Å². The van der Waals surface area contributed by atoms with Gasteiger partial charge in [-0.1, -0.05) is 0 Å². The number of rotatable bonds is 1. The normalized spacial score (nSPS) is 11.8. The van der Waals surface area contributed by atoms with Crippen LogP contribution in [-0.2, 0) is 6.18 Å². The molecule has 0 aliphatic heterocycles. The molecule has 3 N–H and O–H groups in total. The predicted octanol–water partition coefficient (Wildman–Crippen LogP) is 0.957. The van der Waals surface area contributed by atoms with Crippen molar-refractivity contribution < 1.29 is 18.0 Å². The predicted molar refractivity (Wildman–Crippen MR) is 51.8 cm³/mol. The van der Waals surface area contributed by atoms with Crippen LogP contribution in [0.4, 0.5) is 13.2 Å². The number of hydrogen-bond donors (Lipinski definition) is 2. The van der Waals surface area contributed by atoms with Gasteiger partial charge >= 0.3 is 6.18 Å². The van der Waals surface area contributed by atoms with Crippen LogP contribution < -0.4 is 11.3 Å². The standard InChI is InChI=1S/C9H7F3N4O/c10-9(11,12)5-1-2-7-14-3-6(8(17)15-13)16(7)4-5/h1-4H,13H2,(H,15,17). The Morgan fingerprint density at radius 1 is 1.41 bits per heavy atom. The minimum atomic E-state index is -4.48. The van der Waals surface area contributed by atoms with Gasteiger partial charge in [-0.05, 0) is 12.1 Å². The highest BCUT2D eigenvalue weighted by Gasteiger charge is 2.31. The van der Waals surface area contributed by atoms with Crippen LogP contribution in [0.2, 0.25) is 0 Å². The summed E-state index contributed by atoms with van der Waals surface area (Å²) in [6.45, 7) is 0. The number of nitrogens with two attached hydrogens (primary N) is 1. The number of alkyl halides is 3. The van der Waals surface area contributed by atoms with E-state index in [-0.39, 0.29) is 11.3 Å². The minimum Gasteiger partial charge on any atom is -0.295 e. The van der Waals surface area contributed by atoms with E-state index in [1.807, 2.05) is 5.43 Å². The number of carbonyl (C=O) groups is 1. The maximum Gasteiger partial charge on any atom is 0.417 e. The fourth-order valence-electron chi connectivity index (χ4n) is 1.39. The first-order valence-corrected chi connectivity index (χ1v) is 4.48. The first kappa shape index (κ1) is 11.4. The molecule has 0 unspecified atom stereocenters. The Hall–Kier alpha value is -2.09. The summed E-state index contributed by atoms with van der Waals surface area (Å²) in [4.78, 5) is 15.1. The maximum absolute atomic E-state index is 12.5. The molecule has 2 aromatic rings. The lowest BCUT2D eigenvalue weighted by atomic mass is 10.3. The van der Waals surface area contributed by atoms with Crippen LogP contribution in [0.25, 0.3) is 5.65 Å². The Balaban J connectivity index is 2.62. The molecule has 0 bridgehead atoms. The Bertz CT molecular complexity index is 575. The van der Waals surface area contributed by atoms with Crippen molar-refractivity contribution in [2.24, 2.45) is 5.84 Å². The number of hydrogen-bond acceptors (Lipinski definition) is 3. The molecule has 17 heavy (non-hydrogen) atoms. The summed E-state index contributed by atoms with van der Waals surface area (Å²) in [5, 5.41) is 0. The van der Waals surface area contributed by atoms with Crippen LogP contribution in [-0.4, -0.2) is 15.3 Å². The molecule has 0 saturated carbocycles. The van der Waals surface area contributed by atoms with Crippen molar-refractivity contribution in [1.82, 2.24) is 14.8 Å². The molecule has 0 aliphatic rings. The lowest BCUT2D eigenvalue weighted by molar-refractivity contribution is -0.137. The Morgan fingerprint density at radius 2 is 2.12 bits per heavy atom. The van der Waals surface area contributed by atoms with Gasteiger partial charge in [0, 0.05) is 6.20 Å². The third kappa shape index (κ3) is 1.94. The number of amides is 1. The monoisotopic (exact) mass is 244 g/mol. The zero-order chi connectivity index (χ0) is 12.6. The van der Waals surface area contributed by atoms with Crippen molar-refractivity contribution in [2.75, 3.05) is 0 Å². The quantitative estimate of drug-likeness (QED) is 0.445.